The second-order valence-corrected chi connectivity index (χ2v) is 10.9. The van der Waals surface area contributed by atoms with Crippen LogP contribution < -0.4 is 0 Å². The highest BCUT2D eigenvalue weighted by molar-refractivity contribution is 4.83. The molecule has 5 nitrogen and oxygen atoms in total. The number of hydrogen-bond acceptors (Lipinski definition) is 5. The SMILES string of the molecule is CCCCCCCCCCCCCCCCCCCCCCC(CC)O[C@H]1OC[C@@H](O)[C@H](O)[C@H]1O. The lowest BCUT2D eigenvalue weighted by atomic mass is 10.0. The van der Waals surface area contributed by atoms with Gasteiger partial charge in [-0.2, -0.15) is 0 Å². The third-order valence-corrected chi connectivity index (χ3v) is 7.62. The lowest BCUT2D eigenvalue weighted by Gasteiger charge is -2.36. The van der Waals surface area contributed by atoms with Crippen LogP contribution in [0.25, 0.3) is 0 Å². The molecule has 1 unspecified atom stereocenters. The van der Waals surface area contributed by atoms with E-state index in [9.17, 15) is 15.3 Å². The van der Waals surface area contributed by atoms with Gasteiger partial charge in [-0.3, -0.25) is 0 Å². The van der Waals surface area contributed by atoms with Crippen LogP contribution in [0.3, 0.4) is 0 Å². The van der Waals surface area contributed by atoms with E-state index in [0.717, 1.165) is 19.3 Å². The Labute approximate surface area is 217 Å². The van der Waals surface area contributed by atoms with Crippen molar-refractivity contribution in [2.45, 2.75) is 186 Å². The maximum absolute atomic E-state index is 10.0. The van der Waals surface area contributed by atoms with Crippen molar-refractivity contribution in [3.05, 3.63) is 0 Å². The molecule has 1 aliphatic heterocycles. The Morgan fingerprint density at radius 2 is 1.00 bits per heavy atom. The van der Waals surface area contributed by atoms with E-state index >= 15 is 0 Å². The Morgan fingerprint density at radius 1 is 0.600 bits per heavy atom. The average molecular weight is 501 g/mol. The van der Waals surface area contributed by atoms with E-state index in [2.05, 4.69) is 13.8 Å². The van der Waals surface area contributed by atoms with Gasteiger partial charge in [0, 0.05) is 0 Å². The molecule has 3 N–H and O–H groups in total. The Balaban J connectivity index is 1.82. The van der Waals surface area contributed by atoms with Gasteiger partial charge in [0.1, 0.15) is 18.3 Å². The van der Waals surface area contributed by atoms with Crippen molar-refractivity contribution in [2.24, 2.45) is 0 Å². The first-order valence-corrected chi connectivity index (χ1v) is 15.4. The Bertz CT molecular complexity index is 446. The molecule has 35 heavy (non-hydrogen) atoms. The minimum absolute atomic E-state index is 0.00135. The summed E-state index contributed by atoms with van der Waals surface area (Å²) < 4.78 is 11.2. The van der Waals surface area contributed by atoms with Gasteiger partial charge in [0.15, 0.2) is 6.29 Å². The molecule has 0 radical (unpaired) electrons. The number of aliphatic hydroxyl groups is 3. The molecule has 1 fully saturated rings. The van der Waals surface area contributed by atoms with E-state index in [-0.39, 0.29) is 12.7 Å². The van der Waals surface area contributed by atoms with E-state index in [1.165, 1.54) is 122 Å². The molecule has 5 heteroatoms. The van der Waals surface area contributed by atoms with Crippen LogP contribution in [0.1, 0.15) is 155 Å². The molecule has 5 atom stereocenters. The van der Waals surface area contributed by atoms with E-state index in [4.69, 9.17) is 9.47 Å². The van der Waals surface area contributed by atoms with Crippen LogP contribution in [0.15, 0.2) is 0 Å². The Hall–Kier alpha value is -0.200. The predicted octanol–water partition coefficient (Wildman–Crippen LogP) is 7.43. The fourth-order valence-electron chi connectivity index (χ4n) is 5.08. The smallest absolute Gasteiger partial charge is 0.186 e. The predicted molar refractivity (Wildman–Crippen MR) is 146 cm³/mol. The zero-order valence-corrected chi connectivity index (χ0v) is 23.3. The number of ether oxygens (including phenoxy) is 2. The molecule has 1 heterocycles. The molecule has 0 aliphatic carbocycles. The molecule has 0 amide bonds. The van der Waals surface area contributed by atoms with Crippen LogP contribution in [-0.4, -0.2) is 52.6 Å². The zero-order valence-electron chi connectivity index (χ0n) is 23.3. The van der Waals surface area contributed by atoms with Crippen molar-refractivity contribution in [2.75, 3.05) is 6.61 Å². The van der Waals surface area contributed by atoms with Gasteiger partial charge in [-0.25, -0.2) is 0 Å². The molecule has 0 aromatic rings. The standard InChI is InChI=1S/C30H60O5/c1-3-5-6-7-8-9-10-11-12-13-14-15-16-17-18-19-20-21-22-23-24-26(4-2)35-30-29(33)28(32)27(31)25-34-30/h26-33H,3-25H2,1-2H3/t26?,27-,28+,29-,30-/m1/s1. The van der Waals surface area contributed by atoms with Crippen LogP contribution in [-0.2, 0) is 9.47 Å². The number of rotatable bonds is 24. The molecule has 1 aliphatic rings. The molecular formula is C30H60O5. The molecule has 1 rings (SSSR count). The van der Waals surface area contributed by atoms with Gasteiger partial charge in [-0.15, -0.1) is 0 Å². The normalized spacial score (nSPS) is 23.6. The summed E-state index contributed by atoms with van der Waals surface area (Å²) in [5, 5.41) is 29.4. The summed E-state index contributed by atoms with van der Waals surface area (Å²) in [4.78, 5) is 0. The summed E-state index contributed by atoms with van der Waals surface area (Å²) in [6, 6.07) is 0. The van der Waals surface area contributed by atoms with Crippen LogP contribution in [0.5, 0.6) is 0 Å². The van der Waals surface area contributed by atoms with Crippen molar-refractivity contribution < 1.29 is 24.8 Å². The number of aliphatic hydroxyl groups excluding tert-OH is 3. The van der Waals surface area contributed by atoms with Crippen molar-refractivity contribution in [1.82, 2.24) is 0 Å². The maximum Gasteiger partial charge on any atom is 0.186 e. The summed E-state index contributed by atoms with van der Waals surface area (Å²) in [6.07, 6.45) is 25.2. The van der Waals surface area contributed by atoms with Crippen LogP contribution in [0.4, 0.5) is 0 Å². The van der Waals surface area contributed by atoms with Gasteiger partial charge in [0.2, 0.25) is 0 Å². The van der Waals surface area contributed by atoms with Crippen LogP contribution in [0, 0.1) is 0 Å². The van der Waals surface area contributed by atoms with Gasteiger partial charge in [0.25, 0.3) is 0 Å². The minimum Gasteiger partial charge on any atom is -0.388 e. The monoisotopic (exact) mass is 500 g/mol. The van der Waals surface area contributed by atoms with E-state index in [1.807, 2.05) is 0 Å². The summed E-state index contributed by atoms with van der Waals surface area (Å²) in [6.45, 7) is 4.36. The van der Waals surface area contributed by atoms with E-state index in [0.29, 0.717) is 0 Å². The maximum atomic E-state index is 10.0. The van der Waals surface area contributed by atoms with Gasteiger partial charge >= 0.3 is 0 Å². The molecular weight excluding hydrogens is 440 g/mol. The quantitative estimate of drug-likeness (QED) is 0.120. The van der Waals surface area contributed by atoms with Crippen molar-refractivity contribution in [1.29, 1.82) is 0 Å². The molecule has 210 valence electrons. The molecule has 1 saturated heterocycles. The first-order valence-electron chi connectivity index (χ1n) is 15.4. The molecule has 0 saturated carbocycles. The molecule has 0 bridgehead atoms. The first-order chi connectivity index (χ1) is 17.1. The molecule has 0 spiro atoms. The van der Waals surface area contributed by atoms with E-state index in [1.54, 1.807) is 0 Å². The lowest BCUT2D eigenvalue weighted by molar-refractivity contribution is -0.283. The van der Waals surface area contributed by atoms with Gasteiger partial charge in [0.05, 0.1) is 12.7 Å². The zero-order chi connectivity index (χ0) is 25.6. The molecule has 0 aromatic heterocycles. The summed E-state index contributed by atoms with van der Waals surface area (Å²) in [5.74, 6) is 0. The van der Waals surface area contributed by atoms with Crippen molar-refractivity contribution >= 4 is 0 Å². The van der Waals surface area contributed by atoms with Crippen LogP contribution >= 0.6 is 0 Å². The third kappa shape index (κ3) is 17.0. The lowest BCUT2D eigenvalue weighted by Crippen LogP contribution is -2.54. The topological polar surface area (TPSA) is 79.2 Å². The second-order valence-electron chi connectivity index (χ2n) is 10.9. The Morgan fingerprint density at radius 3 is 1.40 bits per heavy atom. The van der Waals surface area contributed by atoms with Crippen LogP contribution in [0.2, 0.25) is 0 Å². The average Bonchev–Trinajstić information content (AvgIpc) is 2.86. The van der Waals surface area contributed by atoms with Crippen molar-refractivity contribution in [3.8, 4) is 0 Å². The van der Waals surface area contributed by atoms with Gasteiger partial charge in [-0.05, 0) is 12.8 Å². The van der Waals surface area contributed by atoms with E-state index < -0.39 is 24.6 Å². The molecule has 0 aromatic carbocycles. The van der Waals surface area contributed by atoms with Crippen molar-refractivity contribution in [3.63, 3.8) is 0 Å². The largest absolute Gasteiger partial charge is 0.388 e. The summed E-state index contributed by atoms with van der Waals surface area (Å²) in [5.41, 5.74) is 0. The third-order valence-electron chi connectivity index (χ3n) is 7.62. The summed E-state index contributed by atoms with van der Waals surface area (Å²) >= 11 is 0. The number of unbranched alkanes of at least 4 members (excludes halogenated alkanes) is 19. The Kier molecular flexibility index (Phi) is 21.5. The summed E-state index contributed by atoms with van der Waals surface area (Å²) in [7, 11) is 0. The highest BCUT2D eigenvalue weighted by atomic mass is 16.7. The fraction of sp³-hybridized carbons (Fsp3) is 1.00. The first kappa shape index (κ1) is 32.8. The second kappa shape index (κ2) is 23.0. The van der Waals surface area contributed by atoms with Gasteiger partial charge in [-0.1, -0.05) is 142 Å². The highest BCUT2D eigenvalue weighted by Gasteiger charge is 2.39. The highest BCUT2D eigenvalue weighted by Crippen LogP contribution is 2.21. The fourth-order valence-corrected chi connectivity index (χ4v) is 5.08. The van der Waals surface area contributed by atoms with Gasteiger partial charge < -0.3 is 24.8 Å². The number of hydrogen-bond donors (Lipinski definition) is 3. The minimum atomic E-state index is -1.20.